The third-order valence-corrected chi connectivity index (χ3v) is 6.85. The van der Waals surface area contributed by atoms with Gasteiger partial charge in [-0.25, -0.2) is 14.5 Å². The Morgan fingerprint density at radius 1 is 1.29 bits per heavy atom. The summed E-state index contributed by atoms with van der Waals surface area (Å²) < 4.78 is 6.51. The van der Waals surface area contributed by atoms with Crippen molar-refractivity contribution in [2.75, 3.05) is 0 Å². The molecule has 1 aromatic carbocycles. The van der Waals surface area contributed by atoms with Crippen LogP contribution < -0.4 is 11.1 Å². The molecule has 1 aliphatic rings. The van der Waals surface area contributed by atoms with E-state index >= 15 is 0 Å². The normalized spacial score (nSPS) is 15.9. The van der Waals surface area contributed by atoms with Gasteiger partial charge in [-0.2, -0.15) is 5.10 Å². The molecule has 0 saturated heterocycles. The van der Waals surface area contributed by atoms with Crippen molar-refractivity contribution >= 4 is 38.3 Å². The molecule has 0 fully saturated rings. The highest BCUT2D eigenvalue weighted by molar-refractivity contribution is 7.18. The molecule has 8 nitrogen and oxygen atoms in total. The largest absolute Gasteiger partial charge is 0.453 e. The molecule has 1 N–H and O–H groups in total. The molecule has 1 atom stereocenters. The average Bonchev–Trinajstić information content (AvgIpc) is 3.12. The van der Waals surface area contributed by atoms with Gasteiger partial charge in [-0.15, -0.1) is 11.3 Å². The molecule has 0 radical (unpaired) electrons. The van der Waals surface area contributed by atoms with Crippen LogP contribution in [0, 0.1) is 5.92 Å². The molecular formula is C22H20N4O4S. The fourth-order valence-electron chi connectivity index (χ4n) is 4.11. The summed E-state index contributed by atoms with van der Waals surface area (Å²) in [5.74, 6) is 0.199. The molecule has 1 aliphatic carbocycles. The number of carbonyl (C=O) groups excluding carboxylic acids is 1. The number of rotatable bonds is 3. The second kappa shape index (κ2) is 7.42. The SMILES string of the molecule is CC1CCc2c(sc3nc(COC(=O)c4nn(C)c(=O)c5ccccc45)[nH]c(=O)c23)C1. The molecule has 9 heteroatoms. The van der Waals surface area contributed by atoms with E-state index in [1.54, 1.807) is 35.6 Å². The number of thiophene rings is 1. The topological polar surface area (TPSA) is 107 Å². The van der Waals surface area contributed by atoms with Crippen molar-refractivity contribution in [2.45, 2.75) is 32.8 Å². The molecule has 5 rings (SSSR count). The van der Waals surface area contributed by atoms with Gasteiger partial charge in [0, 0.05) is 17.3 Å². The fourth-order valence-corrected chi connectivity index (χ4v) is 5.52. The van der Waals surface area contributed by atoms with Crippen LogP contribution in [0.15, 0.2) is 33.9 Å². The summed E-state index contributed by atoms with van der Waals surface area (Å²) in [6.45, 7) is 2.02. The summed E-state index contributed by atoms with van der Waals surface area (Å²) in [6.07, 6.45) is 2.92. The number of aromatic amines is 1. The standard InChI is InChI=1S/C22H20N4O4S/c1-11-7-8-14-15(9-11)31-20-17(14)19(27)23-16(24-20)10-30-22(29)18-12-5-3-4-6-13(12)21(28)26(2)25-18/h3-6,11H,7-10H2,1-2H3,(H,23,24,27). The molecule has 0 amide bonds. The van der Waals surface area contributed by atoms with E-state index in [-0.39, 0.29) is 29.2 Å². The van der Waals surface area contributed by atoms with Crippen LogP contribution >= 0.6 is 11.3 Å². The molecule has 0 aliphatic heterocycles. The first-order valence-electron chi connectivity index (χ1n) is 10.1. The summed E-state index contributed by atoms with van der Waals surface area (Å²) in [5, 5.41) is 5.54. The van der Waals surface area contributed by atoms with Gasteiger partial charge in [-0.1, -0.05) is 25.1 Å². The van der Waals surface area contributed by atoms with Crippen molar-refractivity contribution in [1.82, 2.24) is 19.7 Å². The van der Waals surface area contributed by atoms with Gasteiger partial charge in [-0.3, -0.25) is 9.59 Å². The summed E-state index contributed by atoms with van der Waals surface area (Å²) >= 11 is 1.55. The lowest BCUT2D eigenvalue weighted by Crippen LogP contribution is -2.24. The maximum Gasteiger partial charge on any atom is 0.359 e. The van der Waals surface area contributed by atoms with Crippen LogP contribution in [0.3, 0.4) is 0 Å². The summed E-state index contributed by atoms with van der Waals surface area (Å²) in [5.41, 5.74) is 0.659. The Labute approximate surface area is 180 Å². The second-order valence-electron chi connectivity index (χ2n) is 7.94. The third kappa shape index (κ3) is 3.34. The van der Waals surface area contributed by atoms with E-state index in [0.29, 0.717) is 26.9 Å². The number of aromatic nitrogens is 4. The van der Waals surface area contributed by atoms with Crippen molar-refractivity contribution in [3.63, 3.8) is 0 Å². The maximum absolute atomic E-state index is 12.7. The Morgan fingerprint density at radius 2 is 2.06 bits per heavy atom. The van der Waals surface area contributed by atoms with Crippen molar-refractivity contribution in [3.8, 4) is 0 Å². The first kappa shape index (κ1) is 19.6. The minimum absolute atomic E-state index is 0.0432. The van der Waals surface area contributed by atoms with E-state index in [1.165, 1.54) is 11.9 Å². The van der Waals surface area contributed by atoms with Crippen LogP contribution in [0.25, 0.3) is 21.0 Å². The monoisotopic (exact) mass is 436 g/mol. The number of nitrogens with one attached hydrogen (secondary N) is 1. The van der Waals surface area contributed by atoms with Gasteiger partial charge in [0.25, 0.3) is 11.1 Å². The van der Waals surface area contributed by atoms with Crippen LogP contribution in [-0.2, 0) is 31.2 Å². The summed E-state index contributed by atoms with van der Waals surface area (Å²) in [6, 6.07) is 6.75. The predicted octanol–water partition coefficient (Wildman–Crippen LogP) is 2.71. The molecule has 31 heavy (non-hydrogen) atoms. The minimum atomic E-state index is -0.686. The Bertz CT molecular complexity index is 1470. The van der Waals surface area contributed by atoms with Gasteiger partial charge in [0.1, 0.15) is 17.3 Å². The number of fused-ring (bicyclic) bond motifs is 4. The predicted molar refractivity (Wildman–Crippen MR) is 118 cm³/mol. The van der Waals surface area contributed by atoms with Crippen LogP contribution in [0.4, 0.5) is 0 Å². The number of aryl methyl sites for hydroxylation is 2. The number of hydrogen-bond acceptors (Lipinski definition) is 7. The lowest BCUT2D eigenvalue weighted by atomic mass is 9.89. The zero-order valence-corrected chi connectivity index (χ0v) is 17.9. The molecule has 1 unspecified atom stereocenters. The van der Waals surface area contributed by atoms with Crippen molar-refractivity contribution in [2.24, 2.45) is 13.0 Å². The highest BCUT2D eigenvalue weighted by Gasteiger charge is 2.23. The van der Waals surface area contributed by atoms with E-state index in [1.807, 2.05) is 0 Å². The lowest BCUT2D eigenvalue weighted by molar-refractivity contribution is 0.0455. The van der Waals surface area contributed by atoms with Crippen LogP contribution in [0.1, 0.15) is 40.1 Å². The highest BCUT2D eigenvalue weighted by Crippen LogP contribution is 2.35. The quantitative estimate of drug-likeness (QED) is 0.495. The van der Waals surface area contributed by atoms with E-state index in [9.17, 15) is 14.4 Å². The summed E-state index contributed by atoms with van der Waals surface area (Å²) in [4.78, 5) is 46.9. The number of esters is 1. The number of ether oxygens (including phenoxy) is 1. The van der Waals surface area contributed by atoms with Crippen LogP contribution in [0.2, 0.25) is 0 Å². The zero-order valence-electron chi connectivity index (χ0n) is 17.1. The van der Waals surface area contributed by atoms with Crippen molar-refractivity contribution in [3.05, 3.63) is 66.9 Å². The number of H-pyrrole nitrogens is 1. The van der Waals surface area contributed by atoms with Gasteiger partial charge >= 0.3 is 5.97 Å². The number of carbonyl (C=O) groups is 1. The third-order valence-electron chi connectivity index (χ3n) is 5.70. The molecule has 0 spiro atoms. The molecule has 3 aromatic heterocycles. The van der Waals surface area contributed by atoms with Crippen LogP contribution in [-0.4, -0.2) is 25.7 Å². The van der Waals surface area contributed by atoms with Crippen molar-refractivity contribution in [1.29, 1.82) is 0 Å². The van der Waals surface area contributed by atoms with Gasteiger partial charge in [-0.05, 0) is 36.8 Å². The molecule has 0 saturated carbocycles. The first-order chi connectivity index (χ1) is 14.9. The smallest absolute Gasteiger partial charge is 0.359 e. The Kier molecular flexibility index (Phi) is 4.70. The van der Waals surface area contributed by atoms with Gasteiger partial charge in [0.05, 0.1) is 10.8 Å². The molecule has 3 heterocycles. The number of benzene rings is 1. The Morgan fingerprint density at radius 3 is 2.87 bits per heavy atom. The zero-order chi connectivity index (χ0) is 21.7. The molecule has 0 bridgehead atoms. The molecule has 4 aromatic rings. The summed E-state index contributed by atoms with van der Waals surface area (Å²) in [7, 11) is 1.48. The first-order valence-corrected chi connectivity index (χ1v) is 10.9. The van der Waals surface area contributed by atoms with Gasteiger partial charge in [0.15, 0.2) is 5.69 Å². The average molecular weight is 436 g/mol. The highest BCUT2D eigenvalue weighted by atomic mass is 32.1. The maximum atomic E-state index is 12.7. The Balaban J connectivity index is 1.45. The Hall–Kier alpha value is -3.33. The second-order valence-corrected chi connectivity index (χ2v) is 9.03. The van der Waals surface area contributed by atoms with Crippen LogP contribution in [0.5, 0.6) is 0 Å². The fraction of sp³-hybridized carbons (Fsp3) is 0.318. The molecule has 158 valence electrons. The lowest BCUT2D eigenvalue weighted by Gasteiger charge is -2.17. The van der Waals surface area contributed by atoms with E-state index in [2.05, 4.69) is 22.0 Å². The van der Waals surface area contributed by atoms with E-state index in [0.717, 1.165) is 29.5 Å². The van der Waals surface area contributed by atoms with Gasteiger partial charge < -0.3 is 9.72 Å². The number of hydrogen-bond donors (Lipinski definition) is 1. The van der Waals surface area contributed by atoms with Crippen molar-refractivity contribution < 1.29 is 9.53 Å². The number of nitrogens with zero attached hydrogens (tertiary/aromatic N) is 3. The molecular weight excluding hydrogens is 416 g/mol. The minimum Gasteiger partial charge on any atom is -0.453 e. The van der Waals surface area contributed by atoms with Gasteiger partial charge in [0.2, 0.25) is 0 Å². The van der Waals surface area contributed by atoms with E-state index < -0.39 is 5.97 Å². The van der Waals surface area contributed by atoms with E-state index in [4.69, 9.17) is 4.74 Å².